The predicted molar refractivity (Wildman–Crippen MR) is 45.7 cm³/mol. The Bertz CT molecular complexity index is 173. The van der Waals surface area contributed by atoms with Crippen LogP contribution in [0.3, 0.4) is 0 Å². The number of rotatable bonds is 2. The molecule has 0 bridgehead atoms. The lowest BCUT2D eigenvalue weighted by molar-refractivity contribution is -0.172. The van der Waals surface area contributed by atoms with E-state index < -0.39 is 0 Å². The SMILES string of the molecule is C=CC(=O)N(O)C1CCCCC1. The lowest BCUT2D eigenvalue weighted by atomic mass is 9.95. The van der Waals surface area contributed by atoms with Gasteiger partial charge in [0.05, 0.1) is 6.04 Å². The highest BCUT2D eigenvalue weighted by Crippen LogP contribution is 2.21. The summed E-state index contributed by atoms with van der Waals surface area (Å²) in [4.78, 5) is 11.0. The van der Waals surface area contributed by atoms with E-state index in [0.29, 0.717) is 0 Å². The number of carbonyl (C=O) groups is 1. The quantitative estimate of drug-likeness (QED) is 0.388. The standard InChI is InChI=1S/C9H15NO2/c1-2-9(11)10(12)8-6-4-3-5-7-8/h2,8,12H,1,3-7H2. The Hall–Kier alpha value is -0.830. The van der Waals surface area contributed by atoms with E-state index in [1.165, 1.54) is 6.42 Å². The molecule has 0 aromatic heterocycles. The third kappa shape index (κ3) is 2.08. The molecular formula is C9H15NO2. The Balaban J connectivity index is 2.44. The van der Waals surface area contributed by atoms with Crippen molar-refractivity contribution in [1.29, 1.82) is 0 Å². The summed E-state index contributed by atoms with van der Waals surface area (Å²) in [6, 6.07) is 0.0178. The van der Waals surface area contributed by atoms with Crippen LogP contribution in [0.5, 0.6) is 0 Å². The van der Waals surface area contributed by atoms with E-state index in [4.69, 9.17) is 0 Å². The second kappa shape index (κ2) is 4.26. The van der Waals surface area contributed by atoms with Crippen LogP contribution in [-0.4, -0.2) is 22.2 Å². The summed E-state index contributed by atoms with van der Waals surface area (Å²) in [5.41, 5.74) is 0. The molecule has 0 aliphatic heterocycles. The summed E-state index contributed by atoms with van der Waals surface area (Å²) < 4.78 is 0. The molecule has 1 saturated carbocycles. The van der Waals surface area contributed by atoms with Crippen molar-refractivity contribution in [1.82, 2.24) is 5.06 Å². The van der Waals surface area contributed by atoms with Gasteiger partial charge in [0.2, 0.25) is 0 Å². The van der Waals surface area contributed by atoms with Gasteiger partial charge in [-0.05, 0) is 18.9 Å². The number of nitrogens with zero attached hydrogens (tertiary/aromatic N) is 1. The van der Waals surface area contributed by atoms with Crippen molar-refractivity contribution in [3.8, 4) is 0 Å². The summed E-state index contributed by atoms with van der Waals surface area (Å²) in [6.07, 6.45) is 6.39. The molecular weight excluding hydrogens is 154 g/mol. The highest BCUT2D eigenvalue weighted by atomic mass is 16.5. The molecule has 0 unspecified atom stereocenters. The minimum absolute atomic E-state index is 0.0178. The number of amides is 1. The van der Waals surface area contributed by atoms with Crippen molar-refractivity contribution >= 4 is 5.91 Å². The smallest absolute Gasteiger partial charge is 0.269 e. The average Bonchev–Trinajstić information content (AvgIpc) is 2.17. The average molecular weight is 169 g/mol. The molecule has 1 N–H and O–H groups in total. The van der Waals surface area contributed by atoms with Gasteiger partial charge in [-0.25, -0.2) is 5.06 Å². The van der Waals surface area contributed by atoms with Crippen LogP contribution < -0.4 is 0 Å². The highest BCUT2D eigenvalue weighted by molar-refractivity contribution is 5.86. The summed E-state index contributed by atoms with van der Waals surface area (Å²) >= 11 is 0. The van der Waals surface area contributed by atoms with Crippen LogP contribution in [0.15, 0.2) is 12.7 Å². The largest absolute Gasteiger partial charge is 0.285 e. The first-order valence-electron chi connectivity index (χ1n) is 4.40. The van der Waals surface area contributed by atoms with E-state index in [-0.39, 0.29) is 11.9 Å². The molecule has 0 heterocycles. The zero-order valence-electron chi connectivity index (χ0n) is 7.20. The summed E-state index contributed by atoms with van der Waals surface area (Å²) in [5, 5.41) is 10.2. The van der Waals surface area contributed by atoms with Crippen molar-refractivity contribution in [2.45, 2.75) is 38.1 Å². The lowest BCUT2D eigenvalue weighted by Gasteiger charge is -2.28. The molecule has 3 heteroatoms. The maximum Gasteiger partial charge on any atom is 0.269 e. The second-order valence-electron chi connectivity index (χ2n) is 3.18. The van der Waals surface area contributed by atoms with Gasteiger partial charge in [-0.3, -0.25) is 10.0 Å². The first-order chi connectivity index (χ1) is 5.75. The molecule has 1 rings (SSSR count). The van der Waals surface area contributed by atoms with Gasteiger partial charge < -0.3 is 0 Å². The Kier molecular flexibility index (Phi) is 3.29. The molecule has 0 aromatic rings. The molecule has 0 spiro atoms. The first kappa shape index (κ1) is 9.26. The van der Waals surface area contributed by atoms with Gasteiger partial charge in [-0.1, -0.05) is 25.8 Å². The van der Waals surface area contributed by atoms with Crippen molar-refractivity contribution in [2.75, 3.05) is 0 Å². The molecule has 0 radical (unpaired) electrons. The Labute approximate surface area is 72.6 Å². The highest BCUT2D eigenvalue weighted by Gasteiger charge is 2.21. The summed E-state index contributed by atoms with van der Waals surface area (Å²) in [6.45, 7) is 3.33. The first-order valence-corrected chi connectivity index (χ1v) is 4.40. The minimum Gasteiger partial charge on any atom is -0.285 e. The molecule has 0 saturated heterocycles. The maximum atomic E-state index is 11.0. The van der Waals surface area contributed by atoms with Gasteiger partial charge in [0, 0.05) is 0 Å². The lowest BCUT2D eigenvalue weighted by Crippen LogP contribution is -2.37. The predicted octanol–water partition coefficient (Wildman–Crippen LogP) is 1.72. The van der Waals surface area contributed by atoms with Crippen LogP contribution in [-0.2, 0) is 4.79 Å². The summed E-state index contributed by atoms with van der Waals surface area (Å²) in [7, 11) is 0. The molecule has 0 aromatic carbocycles. The fourth-order valence-corrected chi connectivity index (χ4v) is 1.60. The topological polar surface area (TPSA) is 40.5 Å². The molecule has 1 aliphatic rings. The van der Waals surface area contributed by atoms with Crippen molar-refractivity contribution < 1.29 is 10.0 Å². The molecule has 1 aliphatic carbocycles. The van der Waals surface area contributed by atoms with Gasteiger partial charge in [-0.15, -0.1) is 0 Å². The molecule has 1 amide bonds. The van der Waals surface area contributed by atoms with E-state index >= 15 is 0 Å². The van der Waals surface area contributed by atoms with Crippen molar-refractivity contribution in [3.05, 3.63) is 12.7 Å². The van der Waals surface area contributed by atoms with Crippen LogP contribution in [0.25, 0.3) is 0 Å². The van der Waals surface area contributed by atoms with Gasteiger partial charge >= 0.3 is 0 Å². The van der Waals surface area contributed by atoms with E-state index in [9.17, 15) is 10.0 Å². The van der Waals surface area contributed by atoms with E-state index in [1.54, 1.807) is 0 Å². The number of carbonyl (C=O) groups excluding carboxylic acids is 1. The van der Waals surface area contributed by atoms with E-state index in [1.807, 2.05) is 0 Å². The van der Waals surface area contributed by atoms with Crippen LogP contribution >= 0.6 is 0 Å². The molecule has 68 valence electrons. The normalized spacial score (nSPS) is 18.8. The second-order valence-corrected chi connectivity index (χ2v) is 3.18. The minimum atomic E-state index is -0.387. The number of hydrogen-bond donors (Lipinski definition) is 1. The van der Waals surface area contributed by atoms with Gasteiger partial charge in [0.15, 0.2) is 0 Å². The molecule has 12 heavy (non-hydrogen) atoms. The van der Waals surface area contributed by atoms with Crippen LogP contribution in [0, 0.1) is 0 Å². The Morgan fingerprint density at radius 1 is 1.42 bits per heavy atom. The van der Waals surface area contributed by atoms with Gasteiger partial charge in [-0.2, -0.15) is 0 Å². The van der Waals surface area contributed by atoms with Crippen LogP contribution in [0.1, 0.15) is 32.1 Å². The fourth-order valence-electron chi connectivity index (χ4n) is 1.60. The Morgan fingerprint density at radius 3 is 2.50 bits per heavy atom. The maximum absolute atomic E-state index is 11.0. The fraction of sp³-hybridized carbons (Fsp3) is 0.667. The summed E-state index contributed by atoms with van der Waals surface area (Å²) in [5.74, 6) is -0.387. The van der Waals surface area contributed by atoms with Crippen molar-refractivity contribution in [2.24, 2.45) is 0 Å². The molecule has 0 atom stereocenters. The molecule has 3 nitrogen and oxygen atoms in total. The van der Waals surface area contributed by atoms with Crippen LogP contribution in [0.2, 0.25) is 0 Å². The molecule has 1 fully saturated rings. The Morgan fingerprint density at radius 2 is 2.00 bits per heavy atom. The zero-order chi connectivity index (χ0) is 8.97. The number of hydrogen-bond acceptors (Lipinski definition) is 2. The third-order valence-corrected chi connectivity index (χ3v) is 2.32. The van der Waals surface area contributed by atoms with Gasteiger partial charge in [0.25, 0.3) is 5.91 Å². The van der Waals surface area contributed by atoms with Crippen molar-refractivity contribution in [3.63, 3.8) is 0 Å². The third-order valence-electron chi connectivity index (χ3n) is 2.32. The van der Waals surface area contributed by atoms with Gasteiger partial charge in [0.1, 0.15) is 0 Å². The monoisotopic (exact) mass is 169 g/mol. The zero-order valence-corrected chi connectivity index (χ0v) is 7.20. The van der Waals surface area contributed by atoms with E-state index in [0.717, 1.165) is 36.8 Å². The number of hydroxylamine groups is 2. The van der Waals surface area contributed by atoms with Crippen LogP contribution in [0.4, 0.5) is 0 Å². The van der Waals surface area contributed by atoms with E-state index in [2.05, 4.69) is 6.58 Å².